The molecular formula is C11H12. The largest absolute Gasteiger partial charge is 0.102 e. The van der Waals surface area contributed by atoms with Crippen molar-refractivity contribution in [3.05, 3.63) is 11.6 Å². The van der Waals surface area contributed by atoms with Gasteiger partial charge in [-0.2, -0.15) is 0 Å². The Balaban J connectivity index is 1.88. The van der Waals surface area contributed by atoms with E-state index in [0.29, 0.717) is 0 Å². The van der Waals surface area contributed by atoms with Gasteiger partial charge in [0.1, 0.15) is 0 Å². The minimum absolute atomic E-state index is 0.978. The summed E-state index contributed by atoms with van der Waals surface area (Å²) in [5.74, 6) is 10.2. The molecule has 0 aromatic heterocycles. The molecule has 0 amide bonds. The van der Waals surface area contributed by atoms with Gasteiger partial charge in [0.15, 0.2) is 0 Å². The Morgan fingerprint density at radius 3 is 2.55 bits per heavy atom. The van der Waals surface area contributed by atoms with Gasteiger partial charge >= 0.3 is 0 Å². The Kier molecular flexibility index (Phi) is 0.921. The Morgan fingerprint density at radius 2 is 2.00 bits per heavy atom. The highest BCUT2D eigenvalue weighted by atomic mass is 14.7. The zero-order valence-corrected chi connectivity index (χ0v) is 6.80. The summed E-state index contributed by atoms with van der Waals surface area (Å²) in [5, 5.41) is 0. The number of rotatable bonds is 0. The van der Waals surface area contributed by atoms with Gasteiger partial charge in [-0.1, -0.05) is 11.5 Å². The molecule has 0 radical (unpaired) electrons. The standard InChI is InChI=1S/C11H12/c1-2-3-4-7-8-5-9(7)11-6-10(8)11/h4,8-11H,5-6H2,1H3. The minimum Gasteiger partial charge on any atom is -0.102 e. The predicted molar refractivity (Wildman–Crippen MR) is 44.7 cm³/mol. The number of hydrogen-bond acceptors (Lipinski definition) is 0. The van der Waals surface area contributed by atoms with Crippen LogP contribution in [0.4, 0.5) is 0 Å². The zero-order valence-electron chi connectivity index (χ0n) is 6.80. The lowest BCUT2D eigenvalue weighted by Gasteiger charge is -2.32. The van der Waals surface area contributed by atoms with Crippen molar-refractivity contribution in [1.82, 2.24) is 0 Å². The van der Waals surface area contributed by atoms with Gasteiger partial charge in [0, 0.05) is 0 Å². The van der Waals surface area contributed by atoms with Gasteiger partial charge < -0.3 is 0 Å². The van der Waals surface area contributed by atoms with Gasteiger partial charge in [-0.25, -0.2) is 0 Å². The first kappa shape index (κ1) is 5.89. The summed E-state index contributed by atoms with van der Waals surface area (Å²) in [6, 6.07) is 0. The highest BCUT2D eigenvalue weighted by Gasteiger charge is 2.64. The van der Waals surface area contributed by atoms with Crippen molar-refractivity contribution < 1.29 is 0 Å². The van der Waals surface area contributed by atoms with Crippen LogP contribution in [0.1, 0.15) is 19.8 Å². The summed E-state index contributed by atoms with van der Waals surface area (Å²) in [7, 11) is 0. The number of hydrogen-bond donors (Lipinski definition) is 0. The monoisotopic (exact) mass is 144 g/mol. The van der Waals surface area contributed by atoms with Crippen LogP contribution in [-0.2, 0) is 0 Å². The van der Waals surface area contributed by atoms with Crippen molar-refractivity contribution in [2.75, 3.05) is 0 Å². The molecule has 0 heterocycles. The molecule has 0 N–H and O–H groups in total. The molecule has 4 saturated carbocycles. The molecule has 0 aromatic rings. The van der Waals surface area contributed by atoms with Crippen LogP contribution >= 0.6 is 0 Å². The van der Waals surface area contributed by atoms with Crippen LogP contribution in [-0.4, -0.2) is 0 Å². The SMILES string of the molecule is CC#CC=C1C2CC1C1CC21. The van der Waals surface area contributed by atoms with Gasteiger partial charge in [0.05, 0.1) is 0 Å². The molecule has 0 spiro atoms. The molecule has 4 rings (SSSR count). The first-order valence-corrected chi connectivity index (χ1v) is 4.54. The maximum atomic E-state index is 3.08. The van der Waals surface area contributed by atoms with Crippen molar-refractivity contribution in [3.8, 4) is 11.8 Å². The van der Waals surface area contributed by atoms with Gasteiger partial charge in [-0.3, -0.25) is 0 Å². The van der Waals surface area contributed by atoms with Crippen LogP contribution in [0, 0.1) is 35.5 Å². The molecule has 0 heteroatoms. The van der Waals surface area contributed by atoms with Crippen molar-refractivity contribution >= 4 is 0 Å². The van der Waals surface area contributed by atoms with E-state index in [0.717, 1.165) is 23.7 Å². The summed E-state index contributed by atoms with van der Waals surface area (Å²) in [4.78, 5) is 0. The lowest BCUT2D eigenvalue weighted by molar-refractivity contribution is 0.362. The molecule has 2 bridgehead atoms. The van der Waals surface area contributed by atoms with E-state index < -0.39 is 0 Å². The molecule has 4 fully saturated rings. The van der Waals surface area contributed by atoms with Crippen molar-refractivity contribution in [3.63, 3.8) is 0 Å². The fourth-order valence-electron chi connectivity index (χ4n) is 3.03. The van der Waals surface area contributed by atoms with Gasteiger partial charge in [0.25, 0.3) is 0 Å². The zero-order chi connectivity index (χ0) is 7.42. The van der Waals surface area contributed by atoms with E-state index in [2.05, 4.69) is 17.9 Å². The molecule has 4 aliphatic rings. The predicted octanol–water partition coefficient (Wildman–Crippen LogP) is 2.22. The first-order valence-electron chi connectivity index (χ1n) is 4.54. The summed E-state index contributed by atoms with van der Waals surface area (Å²) in [6.45, 7) is 1.92. The molecule has 0 aromatic carbocycles. The summed E-state index contributed by atoms with van der Waals surface area (Å²) >= 11 is 0. The molecule has 0 aliphatic heterocycles. The highest BCUT2D eigenvalue weighted by molar-refractivity contribution is 5.38. The topological polar surface area (TPSA) is 0 Å². The quantitative estimate of drug-likeness (QED) is 0.457. The normalized spacial score (nSPS) is 48.6. The van der Waals surface area contributed by atoms with Crippen molar-refractivity contribution in [2.24, 2.45) is 23.7 Å². The fraction of sp³-hybridized carbons (Fsp3) is 0.636. The van der Waals surface area contributed by atoms with Gasteiger partial charge in [-0.15, -0.1) is 5.92 Å². The van der Waals surface area contributed by atoms with Crippen LogP contribution < -0.4 is 0 Å². The third kappa shape index (κ3) is 0.577. The van der Waals surface area contributed by atoms with E-state index >= 15 is 0 Å². The molecule has 0 nitrogen and oxygen atoms in total. The second kappa shape index (κ2) is 1.72. The second-order valence-corrected chi connectivity index (χ2v) is 4.05. The van der Waals surface area contributed by atoms with Gasteiger partial charge in [0.2, 0.25) is 0 Å². The van der Waals surface area contributed by atoms with E-state index in [1.165, 1.54) is 12.8 Å². The number of allylic oxidation sites excluding steroid dienone is 2. The van der Waals surface area contributed by atoms with Crippen LogP contribution in [0.15, 0.2) is 11.6 Å². The summed E-state index contributed by atoms with van der Waals surface area (Å²) in [6.07, 6.45) is 5.21. The Hall–Kier alpha value is -0.700. The van der Waals surface area contributed by atoms with E-state index in [4.69, 9.17) is 0 Å². The molecule has 0 saturated heterocycles. The van der Waals surface area contributed by atoms with Crippen molar-refractivity contribution in [2.45, 2.75) is 19.8 Å². The van der Waals surface area contributed by atoms with E-state index in [1.54, 1.807) is 5.57 Å². The summed E-state index contributed by atoms with van der Waals surface area (Å²) < 4.78 is 0. The minimum atomic E-state index is 0.978. The Morgan fingerprint density at radius 1 is 1.27 bits per heavy atom. The van der Waals surface area contributed by atoms with Gasteiger partial charge in [-0.05, 0) is 49.5 Å². The molecular weight excluding hydrogens is 132 g/mol. The van der Waals surface area contributed by atoms with E-state index in [1.807, 2.05) is 6.92 Å². The van der Waals surface area contributed by atoms with E-state index in [-0.39, 0.29) is 0 Å². The third-order valence-electron chi connectivity index (χ3n) is 3.67. The van der Waals surface area contributed by atoms with Crippen LogP contribution in [0.2, 0.25) is 0 Å². The molecule has 4 aliphatic carbocycles. The molecule has 56 valence electrons. The fourth-order valence-corrected chi connectivity index (χ4v) is 3.03. The molecule has 4 unspecified atom stereocenters. The smallest absolute Gasteiger partial charge is 0.00235 e. The lowest BCUT2D eigenvalue weighted by Crippen LogP contribution is -2.22. The summed E-state index contributed by atoms with van der Waals surface area (Å²) in [5.41, 5.74) is 1.70. The van der Waals surface area contributed by atoms with E-state index in [9.17, 15) is 0 Å². The molecule has 4 atom stereocenters. The first-order chi connectivity index (χ1) is 5.42. The average Bonchev–Trinajstić information content (AvgIpc) is 2.57. The highest BCUT2D eigenvalue weighted by Crippen LogP contribution is 2.72. The van der Waals surface area contributed by atoms with Crippen LogP contribution in [0.3, 0.4) is 0 Å². The van der Waals surface area contributed by atoms with Crippen LogP contribution in [0.5, 0.6) is 0 Å². The molecule has 11 heavy (non-hydrogen) atoms. The average molecular weight is 144 g/mol. The maximum absolute atomic E-state index is 3.08. The lowest BCUT2D eigenvalue weighted by atomic mass is 9.73. The Labute approximate surface area is 67.7 Å². The maximum Gasteiger partial charge on any atom is -0.00235 e. The van der Waals surface area contributed by atoms with Crippen molar-refractivity contribution in [1.29, 1.82) is 0 Å². The van der Waals surface area contributed by atoms with Crippen LogP contribution in [0.25, 0.3) is 0 Å². The third-order valence-corrected chi connectivity index (χ3v) is 3.67. The second-order valence-electron chi connectivity index (χ2n) is 4.05. The Bertz CT molecular complexity index is 271.